The van der Waals surface area contributed by atoms with Crippen molar-refractivity contribution in [1.82, 2.24) is 0 Å². The molecule has 0 aliphatic heterocycles. The third-order valence-electron chi connectivity index (χ3n) is 1.57. The van der Waals surface area contributed by atoms with Gasteiger partial charge in [-0.2, -0.15) is 0 Å². The highest BCUT2D eigenvalue weighted by atomic mass is 16.5. The first-order chi connectivity index (χ1) is 6.15. The highest BCUT2D eigenvalue weighted by molar-refractivity contribution is 5.95. The molecule has 0 radical (unpaired) electrons. The maximum Gasteiger partial charge on any atom is 0.340 e. The number of esters is 1. The fraction of sp³-hybridized carbons (Fsp3) is 0.222. The quantitative estimate of drug-likeness (QED) is 0.526. The van der Waals surface area contributed by atoms with Gasteiger partial charge in [0.05, 0.1) is 12.2 Å². The second-order valence-corrected chi connectivity index (χ2v) is 2.57. The minimum atomic E-state index is -0.417. The van der Waals surface area contributed by atoms with E-state index in [-0.39, 0.29) is 0 Å². The molecule has 4 N–H and O–H groups in total. The molecule has 4 heteroatoms. The van der Waals surface area contributed by atoms with Crippen LogP contribution in [0.3, 0.4) is 0 Å². The van der Waals surface area contributed by atoms with Crippen molar-refractivity contribution in [1.29, 1.82) is 0 Å². The second-order valence-electron chi connectivity index (χ2n) is 2.57. The van der Waals surface area contributed by atoms with Gasteiger partial charge in [0.1, 0.15) is 0 Å². The van der Waals surface area contributed by atoms with Crippen molar-refractivity contribution in [3.8, 4) is 0 Å². The molecule has 4 nitrogen and oxygen atoms in total. The van der Waals surface area contributed by atoms with Crippen molar-refractivity contribution >= 4 is 17.3 Å². The first kappa shape index (κ1) is 9.38. The maximum absolute atomic E-state index is 11.2. The summed E-state index contributed by atoms with van der Waals surface area (Å²) in [5, 5.41) is 0. The Balaban J connectivity index is 2.95. The van der Waals surface area contributed by atoms with Gasteiger partial charge in [-0.25, -0.2) is 4.79 Å². The Kier molecular flexibility index (Phi) is 2.74. The lowest BCUT2D eigenvalue weighted by molar-refractivity contribution is 0.0527. The van der Waals surface area contributed by atoms with E-state index in [0.29, 0.717) is 23.5 Å². The predicted molar refractivity (Wildman–Crippen MR) is 51.2 cm³/mol. The second kappa shape index (κ2) is 3.80. The van der Waals surface area contributed by atoms with Crippen LogP contribution in [0.1, 0.15) is 17.3 Å². The molecule has 0 saturated heterocycles. The molecular formula is C9H12N2O2. The SMILES string of the molecule is CCOC(=O)c1ccc(N)cc1N. The largest absolute Gasteiger partial charge is 0.462 e. The summed E-state index contributed by atoms with van der Waals surface area (Å²) in [4.78, 5) is 11.2. The zero-order chi connectivity index (χ0) is 9.84. The van der Waals surface area contributed by atoms with Crippen molar-refractivity contribution in [2.45, 2.75) is 6.92 Å². The van der Waals surface area contributed by atoms with Crippen LogP contribution in [0.4, 0.5) is 11.4 Å². The Bertz CT molecular complexity index is 323. The van der Waals surface area contributed by atoms with Crippen LogP contribution in [0.25, 0.3) is 0 Å². The molecule has 0 heterocycles. The summed E-state index contributed by atoms with van der Waals surface area (Å²) in [6, 6.07) is 4.71. The number of hydrogen-bond donors (Lipinski definition) is 2. The lowest BCUT2D eigenvalue weighted by Gasteiger charge is -2.05. The molecule has 1 aromatic rings. The number of carbonyl (C=O) groups excluding carboxylic acids is 1. The summed E-state index contributed by atoms with van der Waals surface area (Å²) in [5.41, 5.74) is 12.3. The number of carbonyl (C=O) groups is 1. The molecule has 0 unspecified atom stereocenters. The minimum absolute atomic E-state index is 0.336. The van der Waals surface area contributed by atoms with Gasteiger partial charge < -0.3 is 16.2 Å². The fourth-order valence-corrected chi connectivity index (χ4v) is 0.976. The molecule has 0 saturated carbocycles. The molecule has 0 aliphatic carbocycles. The van der Waals surface area contributed by atoms with Gasteiger partial charge in [0, 0.05) is 11.4 Å². The first-order valence-electron chi connectivity index (χ1n) is 3.97. The summed E-state index contributed by atoms with van der Waals surface area (Å²) in [7, 11) is 0. The van der Waals surface area contributed by atoms with Crippen LogP contribution in [0.2, 0.25) is 0 Å². The van der Waals surface area contributed by atoms with Crippen LogP contribution in [0, 0.1) is 0 Å². The first-order valence-corrected chi connectivity index (χ1v) is 3.97. The van der Waals surface area contributed by atoms with Crippen molar-refractivity contribution in [2.24, 2.45) is 0 Å². The van der Waals surface area contributed by atoms with Gasteiger partial charge >= 0.3 is 5.97 Å². The van der Waals surface area contributed by atoms with Crippen molar-refractivity contribution in [3.05, 3.63) is 23.8 Å². The minimum Gasteiger partial charge on any atom is -0.462 e. The van der Waals surface area contributed by atoms with Crippen LogP contribution >= 0.6 is 0 Å². The van der Waals surface area contributed by atoms with Crippen LogP contribution in [0.15, 0.2) is 18.2 Å². The van der Waals surface area contributed by atoms with Gasteiger partial charge in [0.15, 0.2) is 0 Å². The number of nitrogens with two attached hydrogens (primary N) is 2. The fourth-order valence-electron chi connectivity index (χ4n) is 0.976. The molecule has 0 aromatic heterocycles. The summed E-state index contributed by atoms with van der Waals surface area (Å²) < 4.78 is 4.79. The van der Waals surface area contributed by atoms with Gasteiger partial charge in [-0.1, -0.05) is 0 Å². The van der Waals surface area contributed by atoms with Crippen LogP contribution in [0.5, 0.6) is 0 Å². The lowest BCUT2D eigenvalue weighted by atomic mass is 10.1. The van der Waals surface area contributed by atoms with E-state index in [4.69, 9.17) is 16.2 Å². The smallest absolute Gasteiger partial charge is 0.340 e. The normalized spacial score (nSPS) is 9.62. The summed E-state index contributed by atoms with van der Waals surface area (Å²) >= 11 is 0. The number of rotatable bonds is 2. The van der Waals surface area contributed by atoms with E-state index in [2.05, 4.69) is 0 Å². The van der Waals surface area contributed by atoms with E-state index >= 15 is 0 Å². The van der Waals surface area contributed by atoms with E-state index < -0.39 is 5.97 Å². The average molecular weight is 180 g/mol. The monoisotopic (exact) mass is 180 g/mol. The number of anilines is 2. The average Bonchev–Trinajstić information content (AvgIpc) is 2.04. The Hall–Kier alpha value is -1.71. The van der Waals surface area contributed by atoms with E-state index in [1.165, 1.54) is 6.07 Å². The predicted octanol–water partition coefficient (Wildman–Crippen LogP) is 1.03. The number of benzene rings is 1. The molecule has 70 valence electrons. The standard InChI is InChI=1S/C9H12N2O2/c1-2-13-9(12)7-4-3-6(10)5-8(7)11/h3-5H,2,10-11H2,1H3. The van der Waals surface area contributed by atoms with Gasteiger partial charge in [0.25, 0.3) is 0 Å². The molecule has 1 aromatic carbocycles. The third kappa shape index (κ3) is 2.11. The van der Waals surface area contributed by atoms with Gasteiger partial charge in [-0.05, 0) is 25.1 Å². The van der Waals surface area contributed by atoms with Crippen LogP contribution < -0.4 is 11.5 Å². The molecule has 0 bridgehead atoms. The molecule has 0 atom stereocenters. The Morgan fingerprint density at radius 1 is 1.46 bits per heavy atom. The van der Waals surface area contributed by atoms with E-state index in [1.807, 2.05) is 0 Å². The van der Waals surface area contributed by atoms with E-state index in [0.717, 1.165) is 0 Å². The molecule has 0 amide bonds. The Morgan fingerprint density at radius 3 is 2.69 bits per heavy atom. The van der Waals surface area contributed by atoms with Gasteiger partial charge in [-0.3, -0.25) is 0 Å². The topological polar surface area (TPSA) is 78.3 Å². The zero-order valence-corrected chi connectivity index (χ0v) is 7.41. The number of ether oxygens (including phenoxy) is 1. The maximum atomic E-state index is 11.2. The van der Waals surface area contributed by atoms with E-state index in [9.17, 15) is 4.79 Å². The summed E-state index contributed by atoms with van der Waals surface area (Å²) in [6.45, 7) is 2.08. The molecular weight excluding hydrogens is 168 g/mol. The van der Waals surface area contributed by atoms with Crippen molar-refractivity contribution in [2.75, 3.05) is 18.1 Å². The highest BCUT2D eigenvalue weighted by Crippen LogP contribution is 2.16. The van der Waals surface area contributed by atoms with Gasteiger partial charge in [-0.15, -0.1) is 0 Å². The molecule has 0 fully saturated rings. The summed E-state index contributed by atoms with van der Waals surface area (Å²) in [6.07, 6.45) is 0. The Labute approximate surface area is 76.5 Å². The van der Waals surface area contributed by atoms with Crippen LogP contribution in [-0.4, -0.2) is 12.6 Å². The van der Waals surface area contributed by atoms with Gasteiger partial charge in [0.2, 0.25) is 0 Å². The molecule has 1 rings (SSSR count). The zero-order valence-electron chi connectivity index (χ0n) is 7.41. The lowest BCUT2D eigenvalue weighted by Crippen LogP contribution is -2.08. The van der Waals surface area contributed by atoms with Crippen molar-refractivity contribution < 1.29 is 9.53 Å². The molecule has 0 spiro atoms. The molecule has 0 aliphatic rings. The van der Waals surface area contributed by atoms with Crippen LogP contribution in [-0.2, 0) is 4.74 Å². The molecule has 13 heavy (non-hydrogen) atoms. The highest BCUT2D eigenvalue weighted by Gasteiger charge is 2.09. The van der Waals surface area contributed by atoms with E-state index in [1.54, 1.807) is 19.1 Å². The summed E-state index contributed by atoms with van der Waals surface area (Å²) in [5.74, 6) is -0.417. The number of nitrogen functional groups attached to an aromatic ring is 2. The third-order valence-corrected chi connectivity index (χ3v) is 1.57. The number of hydrogen-bond acceptors (Lipinski definition) is 4. The Morgan fingerprint density at radius 2 is 2.15 bits per heavy atom. The van der Waals surface area contributed by atoms with Crippen molar-refractivity contribution in [3.63, 3.8) is 0 Å².